The highest BCUT2D eigenvalue weighted by Gasteiger charge is 2.26. The van der Waals surface area contributed by atoms with Crippen LogP contribution in [0.2, 0.25) is 0 Å². The van der Waals surface area contributed by atoms with Gasteiger partial charge in [-0.25, -0.2) is 18.1 Å². The molecule has 0 aliphatic heterocycles. The molecule has 2 atom stereocenters. The van der Waals surface area contributed by atoms with Gasteiger partial charge in [-0.2, -0.15) is 5.26 Å². The van der Waals surface area contributed by atoms with Crippen LogP contribution in [0.15, 0.2) is 24.3 Å². The molecular weight excluding hydrogens is 436 g/mol. The van der Waals surface area contributed by atoms with E-state index in [9.17, 15) is 18.3 Å². The standard InChI is InChI=1S/C21H26N4O4S2/c1-14-19(20(27)24-31(2,28)29)23-21(30-14)25(17-9-7-15(13-22)8-10-17)12-11-16-5-3-4-6-18(16)26/h7-10,16,18,26H,3-6,11-12H2,1-2H3,(H,24,27)/t16-,18-/m1/s1. The molecular formula is C21H26N4O4S2. The Bertz CT molecular complexity index is 1070. The first kappa shape index (κ1) is 23.2. The van der Waals surface area contributed by atoms with Gasteiger partial charge in [0.05, 0.1) is 24.0 Å². The Morgan fingerprint density at radius 1 is 1.32 bits per heavy atom. The summed E-state index contributed by atoms with van der Waals surface area (Å²) in [5.41, 5.74) is 1.42. The number of rotatable bonds is 7. The molecule has 2 N–H and O–H groups in total. The number of carbonyl (C=O) groups is 1. The lowest BCUT2D eigenvalue weighted by molar-refractivity contribution is 0.0666. The topological polar surface area (TPSA) is 123 Å². The van der Waals surface area contributed by atoms with Gasteiger partial charge in [-0.3, -0.25) is 4.79 Å². The number of anilines is 2. The van der Waals surface area contributed by atoms with Crippen molar-refractivity contribution in [3.63, 3.8) is 0 Å². The minimum absolute atomic E-state index is 0.0711. The quantitative estimate of drug-likeness (QED) is 0.648. The molecule has 0 bridgehead atoms. The fourth-order valence-electron chi connectivity index (χ4n) is 3.80. The molecule has 1 fully saturated rings. The molecule has 8 nitrogen and oxygen atoms in total. The molecule has 0 saturated heterocycles. The van der Waals surface area contributed by atoms with Gasteiger partial charge < -0.3 is 10.0 Å². The zero-order valence-corrected chi connectivity index (χ0v) is 19.2. The van der Waals surface area contributed by atoms with Crippen molar-refractivity contribution in [2.24, 2.45) is 5.92 Å². The minimum Gasteiger partial charge on any atom is -0.393 e. The molecule has 1 aromatic heterocycles. The van der Waals surface area contributed by atoms with Crippen molar-refractivity contribution in [2.45, 2.75) is 45.1 Å². The number of amides is 1. The SMILES string of the molecule is Cc1sc(N(CC[C@H]2CCCC[C@H]2O)c2ccc(C#N)cc2)nc1C(=O)NS(C)(=O)=O. The number of aliphatic hydroxyl groups is 1. The number of aryl methyl sites for hydroxylation is 1. The summed E-state index contributed by atoms with van der Waals surface area (Å²) < 4.78 is 24.8. The van der Waals surface area contributed by atoms with Gasteiger partial charge in [0.2, 0.25) is 10.0 Å². The molecule has 31 heavy (non-hydrogen) atoms. The summed E-state index contributed by atoms with van der Waals surface area (Å²) >= 11 is 1.30. The summed E-state index contributed by atoms with van der Waals surface area (Å²) in [6.07, 6.45) is 5.29. The number of hydrogen-bond donors (Lipinski definition) is 2. The largest absolute Gasteiger partial charge is 0.393 e. The van der Waals surface area contributed by atoms with E-state index in [0.717, 1.165) is 44.0 Å². The van der Waals surface area contributed by atoms with Crippen LogP contribution < -0.4 is 9.62 Å². The van der Waals surface area contributed by atoms with Gasteiger partial charge in [-0.1, -0.05) is 12.8 Å². The summed E-state index contributed by atoms with van der Waals surface area (Å²) in [6, 6.07) is 9.18. The third kappa shape index (κ3) is 6.03. The predicted molar refractivity (Wildman–Crippen MR) is 120 cm³/mol. The number of nitriles is 1. The van der Waals surface area contributed by atoms with Crippen molar-refractivity contribution >= 4 is 38.1 Å². The lowest BCUT2D eigenvalue weighted by atomic mass is 9.84. The van der Waals surface area contributed by atoms with Gasteiger partial charge in [0.25, 0.3) is 5.91 Å². The highest BCUT2D eigenvalue weighted by molar-refractivity contribution is 7.89. The van der Waals surface area contributed by atoms with E-state index in [4.69, 9.17) is 5.26 Å². The van der Waals surface area contributed by atoms with Gasteiger partial charge in [-0.05, 0) is 56.4 Å². The molecule has 166 valence electrons. The maximum absolute atomic E-state index is 12.4. The summed E-state index contributed by atoms with van der Waals surface area (Å²) in [7, 11) is -3.70. The third-order valence-corrected chi connectivity index (χ3v) is 6.96. The predicted octanol–water partition coefficient (Wildman–Crippen LogP) is 3.09. The normalized spacial score (nSPS) is 18.9. The number of carbonyl (C=O) groups excluding carboxylic acids is 1. The second kappa shape index (κ2) is 9.77. The molecule has 1 aliphatic rings. The van der Waals surface area contributed by atoms with Gasteiger partial charge in [0, 0.05) is 17.1 Å². The second-order valence-corrected chi connectivity index (χ2v) is 10.7. The average Bonchev–Trinajstić information content (AvgIpc) is 3.10. The molecule has 1 aliphatic carbocycles. The van der Waals surface area contributed by atoms with Crippen LogP contribution in [0, 0.1) is 24.2 Å². The zero-order valence-electron chi connectivity index (χ0n) is 17.5. The van der Waals surface area contributed by atoms with E-state index < -0.39 is 15.9 Å². The molecule has 1 aromatic carbocycles. The van der Waals surface area contributed by atoms with Gasteiger partial charge in [0.15, 0.2) is 5.13 Å². The van der Waals surface area contributed by atoms with E-state index in [1.807, 2.05) is 21.8 Å². The molecule has 3 rings (SSSR count). The number of thiazole rings is 1. The van der Waals surface area contributed by atoms with E-state index in [2.05, 4.69) is 11.1 Å². The molecule has 2 aromatic rings. The molecule has 0 spiro atoms. The Morgan fingerprint density at radius 3 is 2.61 bits per heavy atom. The van der Waals surface area contributed by atoms with E-state index in [-0.39, 0.29) is 17.7 Å². The Kier molecular flexibility index (Phi) is 7.30. The fraction of sp³-hybridized carbons (Fsp3) is 0.476. The average molecular weight is 463 g/mol. The smallest absolute Gasteiger partial charge is 0.284 e. The van der Waals surface area contributed by atoms with Crippen molar-refractivity contribution in [1.29, 1.82) is 5.26 Å². The monoisotopic (exact) mass is 462 g/mol. The van der Waals surface area contributed by atoms with Crippen molar-refractivity contribution in [3.8, 4) is 6.07 Å². The minimum atomic E-state index is -3.70. The van der Waals surface area contributed by atoms with Crippen molar-refractivity contribution < 1.29 is 18.3 Å². The molecule has 0 unspecified atom stereocenters. The first-order valence-corrected chi connectivity index (χ1v) is 12.8. The number of sulfonamides is 1. The molecule has 0 radical (unpaired) electrons. The van der Waals surface area contributed by atoms with Crippen LogP contribution in [0.1, 0.15) is 53.0 Å². The number of nitrogens with one attached hydrogen (secondary N) is 1. The van der Waals surface area contributed by atoms with Crippen LogP contribution in [0.25, 0.3) is 0 Å². The Hall–Kier alpha value is -2.48. The fourth-order valence-corrected chi connectivity index (χ4v) is 5.18. The van der Waals surface area contributed by atoms with E-state index in [1.165, 1.54) is 11.3 Å². The first-order valence-electron chi connectivity index (χ1n) is 10.1. The molecule has 1 saturated carbocycles. The molecule has 10 heteroatoms. The van der Waals surface area contributed by atoms with E-state index in [1.54, 1.807) is 19.1 Å². The third-order valence-electron chi connectivity index (χ3n) is 5.41. The van der Waals surface area contributed by atoms with Crippen LogP contribution >= 0.6 is 11.3 Å². The lowest BCUT2D eigenvalue weighted by Gasteiger charge is -2.30. The van der Waals surface area contributed by atoms with Crippen LogP contribution in [0.3, 0.4) is 0 Å². The van der Waals surface area contributed by atoms with Gasteiger partial charge in [-0.15, -0.1) is 11.3 Å². The number of hydrogen-bond acceptors (Lipinski definition) is 8. The highest BCUT2D eigenvalue weighted by Crippen LogP contribution is 2.34. The van der Waals surface area contributed by atoms with Crippen molar-refractivity contribution in [3.05, 3.63) is 40.4 Å². The number of aromatic nitrogens is 1. The summed E-state index contributed by atoms with van der Waals surface area (Å²) in [5, 5.41) is 20.0. The van der Waals surface area contributed by atoms with Gasteiger partial charge in [0.1, 0.15) is 5.69 Å². The maximum atomic E-state index is 12.4. The van der Waals surface area contributed by atoms with E-state index >= 15 is 0 Å². The lowest BCUT2D eigenvalue weighted by Crippen LogP contribution is -2.30. The summed E-state index contributed by atoms with van der Waals surface area (Å²) in [6.45, 7) is 2.30. The maximum Gasteiger partial charge on any atom is 0.284 e. The first-order chi connectivity index (χ1) is 14.7. The Labute approximate surface area is 186 Å². The Morgan fingerprint density at radius 2 is 2.00 bits per heavy atom. The van der Waals surface area contributed by atoms with Crippen LogP contribution in [0.5, 0.6) is 0 Å². The van der Waals surface area contributed by atoms with Crippen LogP contribution in [0.4, 0.5) is 10.8 Å². The second-order valence-electron chi connectivity index (χ2n) is 7.82. The van der Waals surface area contributed by atoms with Crippen LogP contribution in [-0.2, 0) is 10.0 Å². The number of aliphatic hydroxyl groups excluding tert-OH is 1. The van der Waals surface area contributed by atoms with Gasteiger partial charge >= 0.3 is 0 Å². The van der Waals surface area contributed by atoms with E-state index in [0.29, 0.717) is 22.1 Å². The highest BCUT2D eigenvalue weighted by atomic mass is 32.2. The number of nitrogens with zero attached hydrogens (tertiary/aromatic N) is 3. The van der Waals surface area contributed by atoms with Crippen molar-refractivity contribution in [2.75, 3.05) is 17.7 Å². The molecule has 1 amide bonds. The van der Waals surface area contributed by atoms with Crippen LogP contribution in [-0.4, -0.2) is 43.3 Å². The summed E-state index contributed by atoms with van der Waals surface area (Å²) in [5.74, 6) is -0.561. The van der Waals surface area contributed by atoms with Crippen molar-refractivity contribution in [1.82, 2.24) is 9.71 Å². The number of benzene rings is 1. The Balaban J connectivity index is 1.89. The zero-order chi connectivity index (χ0) is 22.6. The molecule has 1 heterocycles. The summed E-state index contributed by atoms with van der Waals surface area (Å²) in [4.78, 5) is 19.3.